The molecule has 5 nitrogen and oxygen atoms in total. The Kier molecular flexibility index (Phi) is 2.78. The molecular formula is C7H8N4O. The van der Waals surface area contributed by atoms with E-state index in [0.29, 0.717) is 0 Å². The molecule has 1 heterocycles. The van der Waals surface area contributed by atoms with Crippen molar-refractivity contribution in [3.8, 4) is 0 Å². The Labute approximate surface area is 69.0 Å². The van der Waals surface area contributed by atoms with Gasteiger partial charge in [-0.3, -0.25) is 14.8 Å². The largest absolute Gasteiger partial charge is 0.364 e. The first-order valence-corrected chi connectivity index (χ1v) is 3.27. The van der Waals surface area contributed by atoms with E-state index < -0.39 is 5.91 Å². The van der Waals surface area contributed by atoms with Crippen molar-refractivity contribution in [2.24, 2.45) is 5.73 Å². The van der Waals surface area contributed by atoms with Crippen molar-refractivity contribution in [2.45, 2.75) is 0 Å². The van der Waals surface area contributed by atoms with E-state index in [0.717, 1.165) is 0 Å². The highest BCUT2D eigenvalue weighted by atomic mass is 16.1. The minimum Gasteiger partial charge on any atom is -0.364 e. The van der Waals surface area contributed by atoms with E-state index in [9.17, 15) is 4.79 Å². The van der Waals surface area contributed by atoms with Gasteiger partial charge in [-0.2, -0.15) is 0 Å². The monoisotopic (exact) mass is 164 g/mol. The normalized spacial score (nSPS) is 8.67. The second kappa shape index (κ2) is 4.07. The molecule has 1 aromatic rings. The van der Waals surface area contributed by atoms with Gasteiger partial charge in [-0.1, -0.05) is 0 Å². The van der Waals surface area contributed by atoms with Crippen molar-refractivity contribution in [1.29, 1.82) is 0 Å². The summed E-state index contributed by atoms with van der Waals surface area (Å²) in [5.41, 5.74) is 5.25. The fourth-order valence-electron chi connectivity index (χ4n) is 0.586. The predicted molar refractivity (Wildman–Crippen MR) is 42.5 cm³/mol. The topological polar surface area (TPSA) is 84.7 Å². The molecule has 0 aromatic carbocycles. The van der Waals surface area contributed by atoms with Gasteiger partial charge in [0.05, 0.1) is 6.20 Å². The van der Waals surface area contributed by atoms with Gasteiger partial charge < -0.3 is 10.7 Å². The maximum absolute atomic E-state index is 10.7. The number of carbonyl (C=O) groups excluding carboxylic acids is 1. The van der Waals surface area contributed by atoms with Gasteiger partial charge in [0, 0.05) is 24.8 Å². The number of primary amides is 1. The van der Waals surface area contributed by atoms with Gasteiger partial charge in [-0.05, 0) is 0 Å². The summed E-state index contributed by atoms with van der Waals surface area (Å²) < 4.78 is 0. The van der Waals surface area contributed by atoms with Crippen molar-refractivity contribution in [3.63, 3.8) is 0 Å². The maximum atomic E-state index is 10.7. The van der Waals surface area contributed by atoms with E-state index in [1.54, 1.807) is 0 Å². The van der Waals surface area contributed by atoms with Crippen LogP contribution in [0.4, 0.5) is 0 Å². The highest BCUT2D eigenvalue weighted by Gasteiger charge is 1.94. The Morgan fingerprint density at radius 2 is 2.08 bits per heavy atom. The first-order chi connectivity index (χ1) is 5.80. The lowest BCUT2D eigenvalue weighted by Gasteiger charge is -1.86. The molecule has 1 amide bonds. The van der Waals surface area contributed by atoms with Crippen LogP contribution in [0.3, 0.4) is 0 Å². The molecule has 12 heavy (non-hydrogen) atoms. The first kappa shape index (κ1) is 8.19. The van der Waals surface area contributed by atoms with Crippen molar-refractivity contribution < 1.29 is 4.79 Å². The van der Waals surface area contributed by atoms with Crippen molar-refractivity contribution in [1.82, 2.24) is 15.0 Å². The lowest BCUT2D eigenvalue weighted by molar-refractivity contribution is 0.0995. The highest BCUT2D eigenvalue weighted by Crippen LogP contribution is 1.83. The second-order valence-corrected chi connectivity index (χ2v) is 1.96. The van der Waals surface area contributed by atoms with Gasteiger partial charge in [-0.15, -0.1) is 0 Å². The van der Waals surface area contributed by atoms with Crippen LogP contribution in [0.25, 0.3) is 0 Å². The summed E-state index contributed by atoms with van der Waals surface area (Å²) in [6.07, 6.45) is 7.29. The summed E-state index contributed by atoms with van der Waals surface area (Å²) in [7, 11) is 0. The molecule has 1 aromatic heterocycles. The molecule has 0 saturated heterocycles. The van der Waals surface area contributed by atoms with Crippen LogP contribution >= 0.6 is 0 Å². The number of nitrogens with one attached hydrogen (secondary N) is 1. The molecule has 0 fully saturated rings. The predicted octanol–water partition coefficient (Wildman–Crippen LogP) is 0.0280. The number of H-pyrrole nitrogens is 1. The first-order valence-electron chi connectivity index (χ1n) is 3.27. The SMILES string of the molecule is NC(=O)c1cnccncc[nH]1. The minimum atomic E-state index is -0.557. The molecular weight excluding hydrogens is 156 g/mol. The Morgan fingerprint density at radius 3 is 2.83 bits per heavy atom. The number of nitrogens with two attached hydrogens (primary N) is 1. The van der Waals surface area contributed by atoms with Crippen LogP contribution in [0.1, 0.15) is 10.5 Å². The zero-order valence-electron chi connectivity index (χ0n) is 6.27. The maximum Gasteiger partial charge on any atom is 0.266 e. The third-order valence-electron chi connectivity index (χ3n) is 1.11. The van der Waals surface area contributed by atoms with Crippen molar-refractivity contribution in [2.75, 3.05) is 0 Å². The molecule has 0 atom stereocenters. The van der Waals surface area contributed by atoms with Gasteiger partial charge in [-0.25, -0.2) is 0 Å². The minimum absolute atomic E-state index is 0.230. The summed E-state index contributed by atoms with van der Waals surface area (Å²) in [5, 5.41) is 0. The molecule has 62 valence electrons. The standard InChI is InChI=1S/C7H8N4O/c8-7(12)6-5-10-2-1-9-3-4-11-6/h1-5,11H,(H2,8,12). The van der Waals surface area contributed by atoms with Crippen LogP contribution in [0, 0.1) is 0 Å². The van der Waals surface area contributed by atoms with Crippen LogP contribution in [0.5, 0.6) is 0 Å². The zero-order valence-corrected chi connectivity index (χ0v) is 6.27. The molecule has 0 aliphatic carbocycles. The number of carbonyl (C=O) groups is 1. The van der Waals surface area contributed by atoms with E-state index in [-0.39, 0.29) is 5.69 Å². The number of hydrogen-bond donors (Lipinski definition) is 2. The van der Waals surface area contributed by atoms with Gasteiger partial charge in [0.15, 0.2) is 0 Å². The molecule has 0 spiro atoms. The van der Waals surface area contributed by atoms with Crippen LogP contribution in [0.15, 0.2) is 31.0 Å². The average Bonchev–Trinajstić information content (AvgIpc) is 2.15. The van der Waals surface area contributed by atoms with E-state index >= 15 is 0 Å². The number of amides is 1. The lowest BCUT2D eigenvalue weighted by Crippen LogP contribution is -2.11. The third-order valence-corrected chi connectivity index (χ3v) is 1.11. The summed E-state index contributed by atoms with van der Waals surface area (Å²) in [6, 6.07) is 0. The molecule has 0 bridgehead atoms. The fraction of sp³-hybridized carbons (Fsp3) is 0. The fourth-order valence-corrected chi connectivity index (χ4v) is 0.586. The van der Waals surface area contributed by atoms with Crippen LogP contribution < -0.4 is 5.73 Å². The van der Waals surface area contributed by atoms with Crippen molar-refractivity contribution >= 4 is 5.91 Å². The number of rotatable bonds is 1. The van der Waals surface area contributed by atoms with Crippen LogP contribution in [-0.2, 0) is 0 Å². The molecule has 3 N–H and O–H groups in total. The molecule has 0 aliphatic rings. The molecule has 0 radical (unpaired) electrons. The van der Waals surface area contributed by atoms with Crippen LogP contribution in [0.2, 0.25) is 0 Å². The van der Waals surface area contributed by atoms with Gasteiger partial charge in [0.2, 0.25) is 0 Å². The number of nitrogens with zero attached hydrogens (tertiary/aromatic N) is 2. The van der Waals surface area contributed by atoms with Gasteiger partial charge in [0.25, 0.3) is 5.91 Å². The molecule has 0 saturated carbocycles. The highest BCUT2D eigenvalue weighted by molar-refractivity contribution is 5.90. The summed E-state index contributed by atoms with van der Waals surface area (Å²) in [5.74, 6) is -0.557. The van der Waals surface area contributed by atoms with E-state index in [1.165, 1.54) is 31.0 Å². The summed E-state index contributed by atoms with van der Waals surface area (Å²) in [4.78, 5) is 20.8. The number of hydrogen-bond acceptors (Lipinski definition) is 3. The third kappa shape index (κ3) is 2.37. The zero-order chi connectivity index (χ0) is 8.81. The van der Waals surface area contributed by atoms with Crippen molar-refractivity contribution in [3.05, 3.63) is 36.7 Å². The Morgan fingerprint density at radius 1 is 1.33 bits per heavy atom. The van der Waals surface area contributed by atoms with Gasteiger partial charge in [0.1, 0.15) is 5.69 Å². The summed E-state index contributed by atoms with van der Waals surface area (Å²) >= 11 is 0. The Balaban J connectivity index is 3.19. The Hall–Kier alpha value is -1.91. The van der Waals surface area contributed by atoms with E-state index in [1.807, 2.05) is 0 Å². The molecule has 0 unspecified atom stereocenters. The second-order valence-electron chi connectivity index (χ2n) is 1.96. The summed E-state index contributed by atoms with van der Waals surface area (Å²) in [6.45, 7) is 0. The number of aromatic amines is 1. The Bertz CT molecular complexity index is 295. The quantitative estimate of drug-likeness (QED) is 0.614. The lowest BCUT2D eigenvalue weighted by atomic mass is 10.4. The average molecular weight is 164 g/mol. The van der Waals surface area contributed by atoms with Gasteiger partial charge >= 0.3 is 0 Å². The number of aromatic nitrogens is 3. The van der Waals surface area contributed by atoms with Crippen LogP contribution in [-0.4, -0.2) is 20.9 Å². The van der Waals surface area contributed by atoms with E-state index in [2.05, 4.69) is 15.0 Å². The molecule has 0 aliphatic heterocycles. The molecule has 1 rings (SSSR count). The van der Waals surface area contributed by atoms with E-state index in [4.69, 9.17) is 5.73 Å². The molecule has 5 heteroatoms. The smallest absolute Gasteiger partial charge is 0.266 e.